The predicted molar refractivity (Wildman–Crippen MR) is 73.5 cm³/mol. The van der Waals surface area contributed by atoms with Gasteiger partial charge in [-0.05, 0) is 53.3 Å². The van der Waals surface area contributed by atoms with Crippen molar-refractivity contribution in [1.82, 2.24) is 5.32 Å². The molecular weight excluding hydrogens is 313 g/mol. The van der Waals surface area contributed by atoms with E-state index in [2.05, 4.69) is 47.0 Å². The lowest BCUT2D eigenvalue weighted by Gasteiger charge is -2.20. The van der Waals surface area contributed by atoms with Crippen LogP contribution in [0.4, 0.5) is 0 Å². The van der Waals surface area contributed by atoms with Crippen LogP contribution in [0.3, 0.4) is 0 Å². The predicted octanol–water partition coefficient (Wildman–Crippen LogP) is 2.40. The van der Waals surface area contributed by atoms with E-state index in [0.717, 1.165) is 25.1 Å². The molecule has 1 atom stereocenters. The molecule has 0 aromatic heterocycles. The van der Waals surface area contributed by atoms with Gasteiger partial charge < -0.3 is 5.32 Å². The third-order valence-corrected chi connectivity index (χ3v) is 4.04. The van der Waals surface area contributed by atoms with Gasteiger partial charge in [-0.1, -0.05) is 19.1 Å². The fourth-order valence-electron chi connectivity index (χ4n) is 2.06. The second-order valence-corrected chi connectivity index (χ2v) is 5.96. The van der Waals surface area contributed by atoms with Gasteiger partial charge in [-0.15, -0.1) is 0 Å². The van der Waals surface area contributed by atoms with Crippen LogP contribution < -0.4 is 5.32 Å². The van der Waals surface area contributed by atoms with E-state index in [4.69, 9.17) is 0 Å². The standard InChI is InChI=1S/C13H16INO/c1-13(6-7-15-9-13)12(16)8-10-2-4-11(14)5-3-10/h2-5,15H,6-9H2,1H3. The lowest BCUT2D eigenvalue weighted by molar-refractivity contribution is -0.126. The van der Waals surface area contributed by atoms with E-state index in [0.29, 0.717) is 12.2 Å². The molecule has 2 nitrogen and oxygen atoms in total. The second kappa shape index (κ2) is 4.84. The van der Waals surface area contributed by atoms with Gasteiger partial charge in [0.05, 0.1) is 0 Å². The maximum absolute atomic E-state index is 12.2. The van der Waals surface area contributed by atoms with Crippen LogP contribution in [0.5, 0.6) is 0 Å². The van der Waals surface area contributed by atoms with Crippen LogP contribution in [0.1, 0.15) is 18.9 Å². The monoisotopic (exact) mass is 329 g/mol. The first-order valence-electron chi connectivity index (χ1n) is 5.59. The Hall–Kier alpha value is -0.420. The molecule has 0 amide bonds. The van der Waals surface area contributed by atoms with Crippen molar-refractivity contribution in [3.8, 4) is 0 Å². The number of benzene rings is 1. The number of ketones is 1. The first kappa shape index (κ1) is 12.0. The average molecular weight is 329 g/mol. The highest BCUT2D eigenvalue weighted by Crippen LogP contribution is 2.27. The Kier molecular flexibility index (Phi) is 3.64. The SMILES string of the molecule is CC1(C(=O)Cc2ccc(I)cc2)CCNC1. The number of rotatable bonds is 3. The Morgan fingerprint density at radius 1 is 1.44 bits per heavy atom. The number of hydrogen-bond donors (Lipinski definition) is 1. The third kappa shape index (κ3) is 2.63. The Morgan fingerprint density at radius 2 is 2.12 bits per heavy atom. The normalized spacial score (nSPS) is 24.6. The highest BCUT2D eigenvalue weighted by atomic mass is 127. The van der Waals surface area contributed by atoms with Crippen molar-refractivity contribution >= 4 is 28.4 Å². The van der Waals surface area contributed by atoms with Crippen molar-refractivity contribution in [3.63, 3.8) is 0 Å². The quantitative estimate of drug-likeness (QED) is 0.863. The number of nitrogens with one attached hydrogen (secondary N) is 1. The molecule has 0 saturated carbocycles. The summed E-state index contributed by atoms with van der Waals surface area (Å²) in [6.07, 6.45) is 1.53. The van der Waals surface area contributed by atoms with E-state index in [1.807, 2.05) is 12.1 Å². The molecule has 0 bridgehead atoms. The fourth-order valence-corrected chi connectivity index (χ4v) is 2.42. The Bertz CT molecular complexity index is 379. The number of hydrogen-bond acceptors (Lipinski definition) is 2. The summed E-state index contributed by atoms with van der Waals surface area (Å²) in [5, 5.41) is 3.27. The first-order valence-corrected chi connectivity index (χ1v) is 6.66. The van der Waals surface area contributed by atoms with Gasteiger partial charge in [-0.25, -0.2) is 0 Å². The maximum atomic E-state index is 12.2. The van der Waals surface area contributed by atoms with Gasteiger partial charge in [-0.2, -0.15) is 0 Å². The number of carbonyl (C=O) groups is 1. The van der Waals surface area contributed by atoms with Crippen LogP contribution in [-0.4, -0.2) is 18.9 Å². The molecule has 0 spiro atoms. The van der Waals surface area contributed by atoms with E-state index in [1.165, 1.54) is 3.57 Å². The lowest BCUT2D eigenvalue weighted by Crippen LogP contribution is -2.31. The summed E-state index contributed by atoms with van der Waals surface area (Å²) in [6, 6.07) is 8.20. The molecule has 1 N–H and O–H groups in total. The zero-order valence-electron chi connectivity index (χ0n) is 9.42. The van der Waals surface area contributed by atoms with Crippen LogP contribution in [0, 0.1) is 8.99 Å². The molecule has 1 fully saturated rings. The summed E-state index contributed by atoms with van der Waals surface area (Å²) in [5.41, 5.74) is 0.974. The van der Waals surface area contributed by atoms with Crippen molar-refractivity contribution in [2.24, 2.45) is 5.41 Å². The minimum Gasteiger partial charge on any atom is -0.316 e. The number of halogens is 1. The van der Waals surface area contributed by atoms with Gasteiger partial charge in [0, 0.05) is 22.0 Å². The minimum absolute atomic E-state index is 0.150. The number of carbonyl (C=O) groups excluding carboxylic acids is 1. The molecule has 1 unspecified atom stereocenters. The van der Waals surface area contributed by atoms with E-state index in [9.17, 15) is 4.79 Å². The molecule has 0 radical (unpaired) electrons. The van der Waals surface area contributed by atoms with Crippen molar-refractivity contribution in [1.29, 1.82) is 0 Å². The van der Waals surface area contributed by atoms with Gasteiger partial charge >= 0.3 is 0 Å². The fraction of sp³-hybridized carbons (Fsp3) is 0.462. The third-order valence-electron chi connectivity index (χ3n) is 3.32. The molecule has 1 heterocycles. The smallest absolute Gasteiger partial charge is 0.144 e. The van der Waals surface area contributed by atoms with Crippen LogP contribution in [0.25, 0.3) is 0 Å². The Balaban J connectivity index is 2.04. The summed E-state index contributed by atoms with van der Waals surface area (Å²) >= 11 is 2.28. The number of Topliss-reactive ketones (excluding diaryl/α,β-unsaturated/α-hetero) is 1. The molecular formula is C13H16INO. The van der Waals surface area contributed by atoms with Crippen LogP contribution in [-0.2, 0) is 11.2 Å². The van der Waals surface area contributed by atoms with Gasteiger partial charge in [0.1, 0.15) is 5.78 Å². The zero-order valence-corrected chi connectivity index (χ0v) is 11.6. The first-order chi connectivity index (χ1) is 7.60. The van der Waals surface area contributed by atoms with E-state index < -0.39 is 0 Å². The molecule has 1 aromatic rings. The molecule has 1 saturated heterocycles. The summed E-state index contributed by atoms with van der Waals surface area (Å²) in [5.74, 6) is 0.360. The molecule has 86 valence electrons. The van der Waals surface area contributed by atoms with Crippen molar-refractivity contribution in [2.75, 3.05) is 13.1 Å². The zero-order chi connectivity index (χ0) is 11.6. The molecule has 16 heavy (non-hydrogen) atoms. The van der Waals surface area contributed by atoms with E-state index in [1.54, 1.807) is 0 Å². The van der Waals surface area contributed by atoms with Crippen LogP contribution in [0.15, 0.2) is 24.3 Å². The molecule has 3 heteroatoms. The van der Waals surface area contributed by atoms with Crippen molar-refractivity contribution < 1.29 is 4.79 Å². The van der Waals surface area contributed by atoms with Crippen LogP contribution in [0.2, 0.25) is 0 Å². The topological polar surface area (TPSA) is 29.1 Å². The van der Waals surface area contributed by atoms with Crippen molar-refractivity contribution in [2.45, 2.75) is 19.8 Å². The Morgan fingerprint density at radius 3 is 2.69 bits per heavy atom. The van der Waals surface area contributed by atoms with E-state index in [-0.39, 0.29) is 5.41 Å². The van der Waals surface area contributed by atoms with Crippen molar-refractivity contribution in [3.05, 3.63) is 33.4 Å². The highest BCUT2D eigenvalue weighted by molar-refractivity contribution is 14.1. The van der Waals surface area contributed by atoms with Gasteiger partial charge in [0.2, 0.25) is 0 Å². The summed E-state index contributed by atoms with van der Waals surface area (Å²) in [6.45, 7) is 3.87. The largest absolute Gasteiger partial charge is 0.316 e. The summed E-state index contributed by atoms with van der Waals surface area (Å²) in [4.78, 5) is 12.2. The molecule has 1 aliphatic heterocycles. The molecule has 1 aromatic carbocycles. The maximum Gasteiger partial charge on any atom is 0.144 e. The van der Waals surface area contributed by atoms with Crippen LogP contribution >= 0.6 is 22.6 Å². The average Bonchev–Trinajstić information content (AvgIpc) is 2.70. The van der Waals surface area contributed by atoms with Gasteiger partial charge in [0.25, 0.3) is 0 Å². The Labute approximate surface area is 110 Å². The molecule has 1 aliphatic rings. The van der Waals surface area contributed by atoms with E-state index >= 15 is 0 Å². The lowest BCUT2D eigenvalue weighted by atomic mass is 9.82. The minimum atomic E-state index is -0.150. The highest BCUT2D eigenvalue weighted by Gasteiger charge is 2.35. The van der Waals surface area contributed by atoms with Gasteiger partial charge in [-0.3, -0.25) is 4.79 Å². The molecule has 0 aliphatic carbocycles. The molecule has 2 rings (SSSR count). The summed E-state index contributed by atoms with van der Waals surface area (Å²) < 4.78 is 1.21. The summed E-state index contributed by atoms with van der Waals surface area (Å²) in [7, 11) is 0. The van der Waals surface area contributed by atoms with Gasteiger partial charge in [0.15, 0.2) is 0 Å². The second-order valence-electron chi connectivity index (χ2n) is 4.71.